The summed E-state index contributed by atoms with van der Waals surface area (Å²) in [4.78, 5) is 36.3. The summed E-state index contributed by atoms with van der Waals surface area (Å²) in [6.07, 6.45) is 1.36. The number of nitrogens with two attached hydrogens (primary N) is 1. The van der Waals surface area contributed by atoms with Crippen LogP contribution in [-0.4, -0.2) is 65.8 Å². The van der Waals surface area contributed by atoms with E-state index in [2.05, 4.69) is 20.0 Å². The maximum atomic E-state index is 13.6. The number of pyridine rings is 1. The summed E-state index contributed by atoms with van der Waals surface area (Å²) in [6, 6.07) is 12.5. The van der Waals surface area contributed by atoms with E-state index in [0.29, 0.717) is 35.2 Å². The van der Waals surface area contributed by atoms with Crippen molar-refractivity contribution in [2.24, 2.45) is 15.9 Å². The minimum atomic E-state index is -0.419. The number of likely N-dealkylation sites (N-methyl/N-ethyl adjacent to an activating group) is 1. The minimum absolute atomic E-state index is 0.0455. The van der Waals surface area contributed by atoms with E-state index >= 15 is 0 Å². The van der Waals surface area contributed by atoms with Crippen molar-refractivity contribution in [3.8, 4) is 0 Å². The Labute approximate surface area is 183 Å². The molecule has 0 saturated carbocycles. The van der Waals surface area contributed by atoms with Crippen molar-refractivity contribution in [3.05, 3.63) is 75.8 Å². The highest BCUT2D eigenvalue weighted by Crippen LogP contribution is 2.17. The topological polar surface area (TPSA) is 107 Å². The largest absolute Gasteiger partial charge is 0.336 e. The Morgan fingerprint density at radius 2 is 1.91 bits per heavy atom. The molecule has 1 amide bonds. The molecule has 1 aliphatic heterocycles. The number of fused-ring (bicyclic) bond motifs is 1. The van der Waals surface area contributed by atoms with Gasteiger partial charge in [0, 0.05) is 42.6 Å². The van der Waals surface area contributed by atoms with Crippen molar-refractivity contribution in [3.63, 3.8) is 0 Å². The molecule has 0 bridgehead atoms. The third kappa shape index (κ3) is 4.57. The maximum absolute atomic E-state index is 13.6. The van der Waals surface area contributed by atoms with Crippen LogP contribution in [0.2, 0.25) is 0 Å². The number of halogens is 1. The van der Waals surface area contributed by atoms with Crippen molar-refractivity contribution < 1.29 is 9.18 Å². The molecule has 2 heterocycles. The molecular weight excluding hydrogens is 411 g/mol. The first-order valence-electron chi connectivity index (χ1n) is 10.2. The summed E-state index contributed by atoms with van der Waals surface area (Å²) in [5, 5.41) is 4.18. The van der Waals surface area contributed by atoms with E-state index in [1.807, 2.05) is 11.9 Å². The Kier molecular flexibility index (Phi) is 6.09. The van der Waals surface area contributed by atoms with Crippen LogP contribution in [0.1, 0.15) is 15.9 Å². The molecule has 4 rings (SSSR count). The van der Waals surface area contributed by atoms with Gasteiger partial charge in [-0.3, -0.25) is 14.6 Å². The van der Waals surface area contributed by atoms with Gasteiger partial charge in [-0.25, -0.2) is 4.39 Å². The molecule has 2 aromatic carbocycles. The fourth-order valence-electron chi connectivity index (χ4n) is 3.59. The molecule has 1 saturated heterocycles. The Balaban J connectivity index is 1.58. The number of nitrogens with one attached hydrogen (secondary N) is 1. The summed E-state index contributed by atoms with van der Waals surface area (Å²) < 4.78 is 13.6. The zero-order valence-electron chi connectivity index (χ0n) is 17.6. The van der Waals surface area contributed by atoms with E-state index < -0.39 is 11.4 Å². The first-order valence-corrected chi connectivity index (χ1v) is 10.2. The van der Waals surface area contributed by atoms with Gasteiger partial charge in [0.05, 0.1) is 17.5 Å². The normalized spacial score (nSPS) is 15.6. The average Bonchev–Trinajstić information content (AvgIpc) is 2.80. The fourth-order valence-corrected chi connectivity index (χ4v) is 3.59. The number of H-pyrrole nitrogens is 1. The first kappa shape index (κ1) is 21.4. The number of hydrogen-bond acceptors (Lipinski definition) is 6. The lowest BCUT2D eigenvalue weighted by Gasteiger charge is -2.32. The molecule has 164 valence electrons. The van der Waals surface area contributed by atoms with Crippen molar-refractivity contribution >= 4 is 34.4 Å². The molecule has 3 aromatic rings. The number of piperazine rings is 1. The van der Waals surface area contributed by atoms with Crippen LogP contribution in [0.5, 0.6) is 0 Å². The van der Waals surface area contributed by atoms with Crippen LogP contribution in [0, 0.1) is 5.82 Å². The molecular formula is C23H23FN6O2. The molecule has 0 aliphatic carbocycles. The van der Waals surface area contributed by atoms with E-state index in [1.54, 1.807) is 24.3 Å². The van der Waals surface area contributed by atoms with Gasteiger partial charge < -0.3 is 20.6 Å². The third-order valence-corrected chi connectivity index (χ3v) is 5.44. The Morgan fingerprint density at radius 3 is 2.66 bits per heavy atom. The maximum Gasteiger partial charge on any atom is 0.258 e. The lowest BCUT2D eigenvalue weighted by Crippen LogP contribution is -2.47. The van der Waals surface area contributed by atoms with Gasteiger partial charge in [0.15, 0.2) is 0 Å². The molecule has 0 unspecified atom stereocenters. The molecule has 9 heteroatoms. The predicted molar refractivity (Wildman–Crippen MR) is 123 cm³/mol. The van der Waals surface area contributed by atoms with Gasteiger partial charge in [-0.15, -0.1) is 0 Å². The Bertz CT molecular complexity index is 1270. The highest BCUT2D eigenvalue weighted by Gasteiger charge is 2.20. The number of hydrazone groups is 1. The number of amides is 1. The van der Waals surface area contributed by atoms with E-state index in [4.69, 9.17) is 5.84 Å². The molecule has 0 atom stereocenters. The average molecular weight is 434 g/mol. The monoisotopic (exact) mass is 434 g/mol. The minimum Gasteiger partial charge on any atom is -0.336 e. The zero-order chi connectivity index (χ0) is 22.7. The third-order valence-electron chi connectivity index (χ3n) is 5.44. The van der Waals surface area contributed by atoms with Gasteiger partial charge in [-0.2, -0.15) is 5.10 Å². The standard InChI is InChI=1S/C23H23FN6O2/c1-29-7-9-30(10-8-29)23(32)15-3-2-4-18(12-15)26-14-21(28-25)19-13-16-11-17(24)5-6-20(16)27-22(19)31/h2-6,11-14H,7-10,25H2,1H3,(H,27,31). The van der Waals surface area contributed by atoms with Gasteiger partial charge in [0.25, 0.3) is 11.5 Å². The number of aromatic nitrogens is 1. The van der Waals surface area contributed by atoms with Gasteiger partial charge in [0.1, 0.15) is 11.5 Å². The lowest BCUT2D eigenvalue weighted by atomic mass is 10.1. The molecule has 1 aliphatic rings. The number of carbonyl (C=O) groups is 1. The van der Waals surface area contributed by atoms with Crippen molar-refractivity contribution in [1.29, 1.82) is 0 Å². The quantitative estimate of drug-likeness (QED) is 0.373. The number of hydrogen-bond donors (Lipinski definition) is 2. The summed E-state index contributed by atoms with van der Waals surface area (Å²) >= 11 is 0. The number of benzene rings is 2. The van der Waals surface area contributed by atoms with E-state index in [1.165, 1.54) is 30.5 Å². The van der Waals surface area contributed by atoms with Crippen LogP contribution in [-0.2, 0) is 0 Å². The van der Waals surface area contributed by atoms with Gasteiger partial charge in [0.2, 0.25) is 0 Å². The molecule has 1 aromatic heterocycles. The van der Waals surface area contributed by atoms with E-state index in [-0.39, 0.29) is 17.2 Å². The first-order chi connectivity index (χ1) is 15.4. The van der Waals surface area contributed by atoms with Gasteiger partial charge in [-0.1, -0.05) is 6.07 Å². The second kappa shape index (κ2) is 9.11. The number of aromatic amines is 1. The number of carbonyl (C=O) groups excluding carboxylic acids is 1. The van der Waals surface area contributed by atoms with Crippen LogP contribution in [0.25, 0.3) is 10.9 Å². The van der Waals surface area contributed by atoms with Gasteiger partial charge in [-0.05, 0) is 49.5 Å². The molecule has 0 spiro atoms. The smallest absolute Gasteiger partial charge is 0.258 e. The van der Waals surface area contributed by atoms with Crippen molar-refractivity contribution in [1.82, 2.24) is 14.8 Å². The Morgan fingerprint density at radius 1 is 1.12 bits per heavy atom. The van der Waals surface area contributed by atoms with E-state index in [0.717, 1.165) is 13.1 Å². The van der Waals surface area contributed by atoms with Crippen LogP contribution in [0.4, 0.5) is 10.1 Å². The fraction of sp³-hybridized carbons (Fsp3) is 0.217. The highest BCUT2D eigenvalue weighted by molar-refractivity contribution is 6.38. The SMILES string of the molecule is CN1CCN(C(=O)c2cccc(N=CC(=NN)c3cc4cc(F)ccc4[nH]c3=O)c2)CC1. The molecule has 0 radical (unpaired) electrons. The highest BCUT2D eigenvalue weighted by atomic mass is 19.1. The van der Waals surface area contributed by atoms with Crippen LogP contribution < -0.4 is 11.4 Å². The summed E-state index contributed by atoms with van der Waals surface area (Å²) in [7, 11) is 2.03. The van der Waals surface area contributed by atoms with Crippen LogP contribution in [0.3, 0.4) is 0 Å². The summed E-state index contributed by atoms with van der Waals surface area (Å²) in [5.41, 5.74) is 1.44. The van der Waals surface area contributed by atoms with E-state index in [9.17, 15) is 14.0 Å². The zero-order valence-corrected chi connectivity index (χ0v) is 17.6. The second-order valence-electron chi connectivity index (χ2n) is 7.66. The number of nitrogens with zero attached hydrogens (tertiary/aromatic N) is 4. The summed E-state index contributed by atoms with van der Waals surface area (Å²) in [6.45, 7) is 3.03. The number of aliphatic imine (C=N–C) groups is 1. The molecule has 8 nitrogen and oxygen atoms in total. The van der Waals surface area contributed by atoms with Crippen molar-refractivity contribution in [2.45, 2.75) is 0 Å². The summed E-state index contributed by atoms with van der Waals surface area (Å²) in [5.74, 6) is 5.04. The van der Waals surface area contributed by atoms with Gasteiger partial charge >= 0.3 is 0 Å². The predicted octanol–water partition coefficient (Wildman–Crippen LogP) is 2.12. The van der Waals surface area contributed by atoms with Crippen LogP contribution >= 0.6 is 0 Å². The molecule has 32 heavy (non-hydrogen) atoms. The Hall–Kier alpha value is -3.85. The molecule has 1 fully saturated rings. The number of rotatable bonds is 4. The second-order valence-corrected chi connectivity index (χ2v) is 7.66. The molecule has 3 N–H and O–H groups in total. The van der Waals surface area contributed by atoms with Crippen LogP contribution in [0.15, 0.2) is 63.4 Å². The lowest BCUT2D eigenvalue weighted by molar-refractivity contribution is 0.0664. The van der Waals surface area contributed by atoms with Crippen molar-refractivity contribution in [2.75, 3.05) is 33.2 Å².